The Bertz CT molecular complexity index is 271. The lowest BCUT2D eigenvalue weighted by atomic mass is 10.4. The number of alkyl halides is 1. The molecule has 0 bridgehead atoms. The molecule has 4 heteroatoms. The highest BCUT2D eigenvalue weighted by molar-refractivity contribution is 7.99. The highest BCUT2D eigenvalue weighted by atomic mass is 35.5. The Morgan fingerprint density at radius 1 is 1.21 bits per heavy atom. The number of aryl methyl sites for hydroxylation is 2. The number of halogens is 1. The van der Waals surface area contributed by atoms with E-state index in [1.165, 1.54) is 0 Å². The number of nitrogens with zero attached hydrogens (tertiary/aromatic N) is 2. The van der Waals surface area contributed by atoms with E-state index in [9.17, 15) is 0 Å². The van der Waals surface area contributed by atoms with Crippen molar-refractivity contribution in [3.63, 3.8) is 0 Å². The molecule has 0 spiro atoms. The standard InChI is InChI=1S/C10H15ClN2S/c1-8-7-9(2)13-10(12-8)14-6-4-3-5-11/h7H,3-6H2,1-2H3. The number of unbranched alkanes of at least 4 members (excludes halogenated alkanes) is 1. The van der Waals surface area contributed by atoms with Crippen LogP contribution in [-0.2, 0) is 0 Å². The van der Waals surface area contributed by atoms with Gasteiger partial charge in [0.15, 0.2) is 5.16 Å². The van der Waals surface area contributed by atoms with Crippen LogP contribution in [0.25, 0.3) is 0 Å². The number of hydrogen-bond acceptors (Lipinski definition) is 3. The van der Waals surface area contributed by atoms with Gasteiger partial charge in [-0.2, -0.15) is 0 Å². The molecule has 0 fully saturated rings. The van der Waals surface area contributed by atoms with Crippen LogP contribution in [0.15, 0.2) is 11.2 Å². The zero-order valence-electron chi connectivity index (χ0n) is 8.59. The second-order valence-corrected chi connectivity index (χ2v) is 4.62. The molecular weight excluding hydrogens is 216 g/mol. The highest BCUT2D eigenvalue weighted by Gasteiger charge is 1.99. The molecule has 0 unspecified atom stereocenters. The summed E-state index contributed by atoms with van der Waals surface area (Å²) in [7, 11) is 0. The van der Waals surface area contributed by atoms with E-state index in [4.69, 9.17) is 11.6 Å². The van der Waals surface area contributed by atoms with E-state index in [2.05, 4.69) is 9.97 Å². The van der Waals surface area contributed by atoms with Gasteiger partial charge in [0, 0.05) is 23.0 Å². The third-order valence-corrected chi connectivity index (χ3v) is 2.92. The lowest BCUT2D eigenvalue weighted by Crippen LogP contribution is -1.93. The lowest BCUT2D eigenvalue weighted by Gasteiger charge is -2.01. The van der Waals surface area contributed by atoms with E-state index >= 15 is 0 Å². The SMILES string of the molecule is Cc1cc(C)nc(SCCCCCl)n1. The van der Waals surface area contributed by atoms with Gasteiger partial charge >= 0.3 is 0 Å². The van der Waals surface area contributed by atoms with Crippen LogP contribution in [0, 0.1) is 13.8 Å². The molecule has 14 heavy (non-hydrogen) atoms. The average Bonchev–Trinajstić information content (AvgIpc) is 2.11. The molecular formula is C10H15ClN2S. The maximum absolute atomic E-state index is 5.59. The largest absolute Gasteiger partial charge is 0.228 e. The second kappa shape index (κ2) is 6.25. The minimum Gasteiger partial charge on any atom is -0.228 e. The summed E-state index contributed by atoms with van der Waals surface area (Å²) in [4.78, 5) is 8.70. The van der Waals surface area contributed by atoms with E-state index in [1.54, 1.807) is 11.8 Å². The average molecular weight is 231 g/mol. The fourth-order valence-corrected chi connectivity index (χ4v) is 2.26. The van der Waals surface area contributed by atoms with E-state index in [0.29, 0.717) is 0 Å². The van der Waals surface area contributed by atoms with E-state index in [-0.39, 0.29) is 0 Å². The Morgan fingerprint density at radius 3 is 2.43 bits per heavy atom. The predicted octanol–water partition coefficient (Wildman–Crippen LogP) is 3.20. The number of thioether (sulfide) groups is 1. The van der Waals surface area contributed by atoms with Gasteiger partial charge in [0.25, 0.3) is 0 Å². The predicted molar refractivity (Wildman–Crippen MR) is 62.2 cm³/mol. The van der Waals surface area contributed by atoms with Gasteiger partial charge in [-0.15, -0.1) is 11.6 Å². The maximum atomic E-state index is 5.59. The number of hydrogen-bond donors (Lipinski definition) is 0. The van der Waals surface area contributed by atoms with Crippen LogP contribution in [-0.4, -0.2) is 21.6 Å². The monoisotopic (exact) mass is 230 g/mol. The van der Waals surface area contributed by atoms with Gasteiger partial charge in [-0.25, -0.2) is 9.97 Å². The molecule has 0 saturated heterocycles. The van der Waals surface area contributed by atoms with Crippen molar-refractivity contribution in [3.8, 4) is 0 Å². The molecule has 1 aromatic rings. The van der Waals surface area contributed by atoms with Crippen LogP contribution >= 0.6 is 23.4 Å². The molecule has 78 valence electrons. The summed E-state index contributed by atoms with van der Waals surface area (Å²) >= 11 is 7.30. The van der Waals surface area contributed by atoms with Gasteiger partial charge < -0.3 is 0 Å². The van der Waals surface area contributed by atoms with Crippen molar-refractivity contribution in [2.45, 2.75) is 31.8 Å². The minimum atomic E-state index is 0.744. The van der Waals surface area contributed by atoms with E-state index in [0.717, 1.165) is 41.0 Å². The number of aromatic nitrogens is 2. The van der Waals surface area contributed by atoms with Gasteiger partial charge in [-0.1, -0.05) is 11.8 Å². The van der Waals surface area contributed by atoms with E-state index < -0.39 is 0 Å². The van der Waals surface area contributed by atoms with Crippen molar-refractivity contribution < 1.29 is 0 Å². The van der Waals surface area contributed by atoms with Crippen molar-refractivity contribution in [1.29, 1.82) is 0 Å². The topological polar surface area (TPSA) is 25.8 Å². The van der Waals surface area contributed by atoms with Crippen LogP contribution in [0.2, 0.25) is 0 Å². The van der Waals surface area contributed by atoms with Gasteiger partial charge in [0.05, 0.1) is 0 Å². The van der Waals surface area contributed by atoms with Crippen LogP contribution in [0.1, 0.15) is 24.2 Å². The molecule has 0 amide bonds. The summed E-state index contributed by atoms with van der Waals surface area (Å²) < 4.78 is 0. The Morgan fingerprint density at radius 2 is 1.86 bits per heavy atom. The molecule has 0 atom stereocenters. The van der Waals surface area contributed by atoms with Crippen LogP contribution < -0.4 is 0 Å². The molecule has 0 aliphatic rings. The summed E-state index contributed by atoms with van der Waals surface area (Å²) in [5, 5.41) is 0.886. The first-order chi connectivity index (χ1) is 6.72. The minimum absolute atomic E-state index is 0.744. The second-order valence-electron chi connectivity index (χ2n) is 3.18. The highest BCUT2D eigenvalue weighted by Crippen LogP contribution is 2.15. The first-order valence-corrected chi connectivity index (χ1v) is 6.25. The molecule has 1 heterocycles. The van der Waals surface area contributed by atoms with Crippen molar-refractivity contribution in [2.24, 2.45) is 0 Å². The fraction of sp³-hybridized carbons (Fsp3) is 0.600. The molecule has 1 rings (SSSR count). The van der Waals surface area contributed by atoms with Gasteiger partial charge in [-0.3, -0.25) is 0 Å². The molecule has 0 aliphatic heterocycles. The molecule has 0 aliphatic carbocycles. The first-order valence-electron chi connectivity index (χ1n) is 4.73. The van der Waals surface area contributed by atoms with Gasteiger partial charge in [0.2, 0.25) is 0 Å². The van der Waals surface area contributed by atoms with Crippen molar-refractivity contribution in [2.75, 3.05) is 11.6 Å². The Hall–Kier alpha value is -0.280. The molecule has 2 nitrogen and oxygen atoms in total. The number of rotatable bonds is 5. The van der Waals surface area contributed by atoms with Crippen LogP contribution in [0.4, 0.5) is 0 Å². The Balaban J connectivity index is 2.42. The molecule has 0 aromatic carbocycles. The fourth-order valence-electron chi connectivity index (χ4n) is 1.12. The third-order valence-electron chi connectivity index (χ3n) is 1.72. The quantitative estimate of drug-likeness (QED) is 0.336. The normalized spacial score (nSPS) is 10.5. The van der Waals surface area contributed by atoms with Gasteiger partial charge in [0.1, 0.15) is 0 Å². The maximum Gasteiger partial charge on any atom is 0.187 e. The Labute approximate surface area is 94.5 Å². The zero-order chi connectivity index (χ0) is 10.4. The van der Waals surface area contributed by atoms with Crippen molar-refractivity contribution in [1.82, 2.24) is 9.97 Å². The summed E-state index contributed by atoms with van der Waals surface area (Å²) in [5.41, 5.74) is 2.08. The lowest BCUT2D eigenvalue weighted by molar-refractivity contribution is 0.878. The third kappa shape index (κ3) is 4.29. The zero-order valence-corrected chi connectivity index (χ0v) is 10.2. The van der Waals surface area contributed by atoms with Gasteiger partial charge in [-0.05, 0) is 32.8 Å². The van der Waals surface area contributed by atoms with Crippen LogP contribution in [0.3, 0.4) is 0 Å². The van der Waals surface area contributed by atoms with Crippen molar-refractivity contribution >= 4 is 23.4 Å². The Kier molecular flexibility index (Phi) is 5.26. The summed E-state index contributed by atoms with van der Waals surface area (Å²) in [6, 6.07) is 1.99. The molecule has 0 radical (unpaired) electrons. The molecule has 1 aromatic heterocycles. The summed E-state index contributed by atoms with van der Waals surface area (Å²) in [6.45, 7) is 4.00. The smallest absolute Gasteiger partial charge is 0.187 e. The van der Waals surface area contributed by atoms with E-state index in [1.807, 2.05) is 19.9 Å². The summed E-state index contributed by atoms with van der Waals surface area (Å²) in [6.07, 6.45) is 2.20. The summed E-state index contributed by atoms with van der Waals surface area (Å²) in [5.74, 6) is 1.80. The first kappa shape index (κ1) is 11.8. The molecule has 0 saturated carbocycles. The molecule has 0 N–H and O–H groups in total. The van der Waals surface area contributed by atoms with Crippen LogP contribution in [0.5, 0.6) is 0 Å². The van der Waals surface area contributed by atoms with Crippen molar-refractivity contribution in [3.05, 3.63) is 17.5 Å².